The SMILES string of the molecule is O=C(O)[C@H]1OC(OC(Cl)(Cl)CCl)[C@H](O)[C@@H](O)[C@@H]1O. The van der Waals surface area contributed by atoms with Crippen molar-refractivity contribution in [2.45, 2.75) is 35.2 Å². The Kier molecular flexibility index (Phi) is 5.45. The van der Waals surface area contributed by atoms with Crippen molar-refractivity contribution >= 4 is 40.8 Å². The highest BCUT2D eigenvalue weighted by Crippen LogP contribution is 2.31. The van der Waals surface area contributed by atoms with E-state index in [9.17, 15) is 20.1 Å². The van der Waals surface area contributed by atoms with Crippen molar-refractivity contribution in [2.75, 3.05) is 5.88 Å². The van der Waals surface area contributed by atoms with Crippen LogP contribution in [0.25, 0.3) is 0 Å². The van der Waals surface area contributed by atoms with Gasteiger partial charge in [0.25, 0.3) is 0 Å². The van der Waals surface area contributed by atoms with Crippen LogP contribution in [0.15, 0.2) is 0 Å². The summed E-state index contributed by atoms with van der Waals surface area (Å²) >= 11 is 16.5. The van der Waals surface area contributed by atoms with Gasteiger partial charge in [0.1, 0.15) is 18.3 Å². The molecule has 4 N–H and O–H groups in total. The second kappa shape index (κ2) is 6.06. The fraction of sp³-hybridized carbons (Fsp3) is 0.875. The first-order chi connectivity index (χ1) is 8.19. The second-order valence-electron chi connectivity index (χ2n) is 3.62. The predicted octanol–water partition coefficient (Wildman–Crippen LogP) is -0.735. The molecule has 0 spiro atoms. The van der Waals surface area contributed by atoms with Crippen LogP contribution >= 0.6 is 34.8 Å². The lowest BCUT2D eigenvalue weighted by atomic mass is 9.99. The van der Waals surface area contributed by atoms with Crippen molar-refractivity contribution in [3.63, 3.8) is 0 Å². The third kappa shape index (κ3) is 3.58. The molecular weight excluding hydrogens is 314 g/mol. The number of ether oxygens (including phenoxy) is 2. The molecule has 0 radical (unpaired) electrons. The summed E-state index contributed by atoms with van der Waals surface area (Å²) in [6.45, 7) is 0. The van der Waals surface area contributed by atoms with E-state index in [-0.39, 0.29) is 5.88 Å². The van der Waals surface area contributed by atoms with Crippen molar-refractivity contribution in [2.24, 2.45) is 0 Å². The lowest BCUT2D eigenvalue weighted by Gasteiger charge is -2.40. The van der Waals surface area contributed by atoms with Crippen LogP contribution in [0.5, 0.6) is 0 Å². The van der Waals surface area contributed by atoms with Crippen molar-refractivity contribution in [3.05, 3.63) is 0 Å². The zero-order valence-corrected chi connectivity index (χ0v) is 11.0. The van der Waals surface area contributed by atoms with Crippen molar-refractivity contribution in [1.29, 1.82) is 0 Å². The number of aliphatic carboxylic acids is 1. The highest BCUT2D eigenvalue weighted by Gasteiger charge is 2.49. The molecule has 1 unspecified atom stereocenters. The maximum Gasteiger partial charge on any atom is 0.335 e. The van der Waals surface area contributed by atoms with Gasteiger partial charge in [0, 0.05) is 0 Å². The van der Waals surface area contributed by atoms with Crippen LogP contribution in [-0.2, 0) is 14.3 Å². The van der Waals surface area contributed by atoms with E-state index < -0.39 is 41.2 Å². The van der Waals surface area contributed by atoms with Gasteiger partial charge in [-0.3, -0.25) is 0 Å². The molecule has 10 heteroatoms. The fourth-order valence-electron chi connectivity index (χ4n) is 1.35. The maximum atomic E-state index is 10.8. The number of rotatable bonds is 4. The summed E-state index contributed by atoms with van der Waals surface area (Å²) in [4.78, 5) is 10.8. The van der Waals surface area contributed by atoms with Crippen LogP contribution in [0.4, 0.5) is 0 Å². The average molecular weight is 326 g/mol. The number of alkyl halides is 3. The number of aliphatic hydroxyl groups is 3. The van der Waals surface area contributed by atoms with Gasteiger partial charge in [-0.25, -0.2) is 4.79 Å². The third-order valence-electron chi connectivity index (χ3n) is 2.26. The summed E-state index contributed by atoms with van der Waals surface area (Å²) in [6.07, 6.45) is -8.75. The van der Waals surface area contributed by atoms with Crippen molar-refractivity contribution in [1.82, 2.24) is 0 Å². The Hall–Kier alpha value is 0.140. The Balaban J connectivity index is 2.82. The van der Waals surface area contributed by atoms with E-state index in [2.05, 4.69) is 0 Å². The van der Waals surface area contributed by atoms with Crippen molar-refractivity contribution in [3.8, 4) is 0 Å². The molecule has 0 amide bonds. The summed E-state index contributed by atoms with van der Waals surface area (Å²) in [6, 6.07) is 0. The molecule has 1 saturated heterocycles. The molecule has 0 aliphatic carbocycles. The molecule has 7 nitrogen and oxygen atoms in total. The molecule has 0 bridgehead atoms. The Labute approximate surface area is 117 Å². The first kappa shape index (κ1) is 16.2. The number of hydrogen-bond acceptors (Lipinski definition) is 6. The Morgan fingerprint density at radius 1 is 1.22 bits per heavy atom. The summed E-state index contributed by atoms with van der Waals surface area (Å²) in [5.41, 5.74) is 0. The molecular formula is C8H11Cl3O7. The van der Waals surface area contributed by atoms with Gasteiger partial charge in [-0.05, 0) is 0 Å². The smallest absolute Gasteiger partial charge is 0.335 e. The Morgan fingerprint density at radius 2 is 1.78 bits per heavy atom. The number of carbonyl (C=O) groups is 1. The van der Waals surface area contributed by atoms with E-state index >= 15 is 0 Å². The minimum atomic E-state index is -1.93. The molecule has 0 aromatic heterocycles. The van der Waals surface area contributed by atoms with Gasteiger partial charge in [0.05, 0.1) is 5.88 Å². The highest BCUT2D eigenvalue weighted by atomic mass is 35.5. The standard InChI is InChI=1S/C8H11Cl3O7/c9-1-8(10,11)18-7-4(14)2(12)3(13)5(17-7)6(15)16/h2-5,7,12-14H,1H2,(H,15,16)/t2-,3-,4+,5-,7?/m0/s1. The van der Waals surface area contributed by atoms with E-state index in [1.807, 2.05) is 0 Å². The molecule has 1 fully saturated rings. The van der Waals surface area contributed by atoms with Gasteiger partial charge in [-0.15, -0.1) is 11.6 Å². The normalized spacial score (nSPS) is 37.6. The first-order valence-electron chi connectivity index (χ1n) is 4.73. The third-order valence-corrected chi connectivity index (χ3v) is 3.35. The molecule has 1 aliphatic rings. The second-order valence-corrected chi connectivity index (χ2v) is 5.31. The van der Waals surface area contributed by atoms with Crippen LogP contribution in [0.1, 0.15) is 0 Å². The molecule has 106 valence electrons. The molecule has 1 aliphatic heterocycles. The van der Waals surface area contributed by atoms with Crippen LogP contribution < -0.4 is 0 Å². The Morgan fingerprint density at radius 3 is 2.22 bits per heavy atom. The number of halogens is 3. The monoisotopic (exact) mass is 324 g/mol. The zero-order valence-electron chi connectivity index (χ0n) is 8.74. The molecule has 1 heterocycles. The summed E-state index contributed by atoms with van der Waals surface area (Å²) in [5.74, 6) is -1.93. The van der Waals surface area contributed by atoms with E-state index in [4.69, 9.17) is 49.4 Å². The molecule has 0 aromatic rings. The number of hydrogen-bond donors (Lipinski definition) is 4. The zero-order chi connectivity index (χ0) is 14.1. The van der Waals surface area contributed by atoms with Gasteiger partial charge < -0.3 is 29.9 Å². The van der Waals surface area contributed by atoms with Gasteiger partial charge >= 0.3 is 5.97 Å². The largest absolute Gasteiger partial charge is 0.479 e. The molecule has 5 atom stereocenters. The number of aliphatic hydroxyl groups excluding tert-OH is 3. The maximum absolute atomic E-state index is 10.8. The molecule has 0 saturated carbocycles. The topological polar surface area (TPSA) is 116 Å². The fourth-order valence-corrected chi connectivity index (χ4v) is 1.59. The van der Waals surface area contributed by atoms with Gasteiger partial charge in [0.15, 0.2) is 12.4 Å². The minimum absolute atomic E-state index is 0.390. The van der Waals surface area contributed by atoms with Crippen molar-refractivity contribution < 1.29 is 34.7 Å². The van der Waals surface area contributed by atoms with Crippen LogP contribution in [0, 0.1) is 0 Å². The van der Waals surface area contributed by atoms with Crippen LogP contribution in [0.2, 0.25) is 0 Å². The number of carboxylic acid groups (broad SMARTS) is 1. The summed E-state index contributed by atoms with van der Waals surface area (Å²) in [7, 11) is 0. The lowest BCUT2D eigenvalue weighted by molar-refractivity contribution is -0.300. The summed E-state index contributed by atoms with van der Waals surface area (Å²) < 4.78 is 7.67. The lowest BCUT2D eigenvalue weighted by Crippen LogP contribution is -2.61. The van der Waals surface area contributed by atoms with E-state index in [1.54, 1.807) is 0 Å². The van der Waals surface area contributed by atoms with E-state index in [0.29, 0.717) is 0 Å². The molecule has 0 aromatic carbocycles. The summed E-state index contributed by atoms with van der Waals surface area (Å²) in [5, 5.41) is 37.2. The molecule has 18 heavy (non-hydrogen) atoms. The minimum Gasteiger partial charge on any atom is -0.479 e. The predicted molar refractivity (Wildman–Crippen MR) is 60.6 cm³/mol. The Bertz CT molecular complexity index is 313. The number of carboxylic acids is 1. The quantitative estimate of drug-likeness (QED) is 0.503. The van der Waals surface area contributed by atoms with Crippen LogP contribution in [-0.4, -0.2) is 67.5 Å². The van der Waals surface area contributed by atoms with Gasteiger partial charge in [0.2, 0.25) is 4.52 Å². The average Bonchev–Trinajstić information content (AvgIpc) is 2.29. The van der Waals surface area contributed by atoms with E-state index in [0.717, 1.165) is 0 Å². The van der Waals surface area contributed by atoms with Gasteiger partial charge in [-0.2, -0.15) is 0 Å². The first-order valence-corrected chi connectivity index (χ1v) is 6.02. The van der Waals surface area contributed by atoms with E-state index in [1.165, 1.54) is 0 Å². The van der Waals surface area contributed by atoms with Crippen LogP contribution in [0.3, 0.4) is 0 Å². The van der Waals surface area contributed by atoms with Gasteiger partial charge in [-0.1, -0.05) is 23.2 Å². The highest BCUT2D eigenvalue weighted by molar-refractivity contribution is 6.50. The molecule has 1 rings (SSSR count).